The normalized spacial score (nSPS) is 12.8. The van der Waals surface area contributed by atoms with Gasteiger partial charge in [-0.15, -0.1) is 0 Å². The number of benzene rings is 1. The molecule has 1 aromatic carbocycles. The SMILES string of the molecule is COP(=O)(OC)OC/C(C)=C/c1cccc(C)c1. The monoisotopic (exact) mass is 270 g/mol. The van der Waals surface area contributed by atoms with E-state index in [1.54, 1.807) is 0 Å². The van der Waals surface area contributed by atoms with E-state index in [1.807, 2.05) is 38.1 Å². The van der Waals surface area contributed by atoms with Crippen LogP contribution in [0.5, 0.6) is 0 Å². The molecule has 5 heteroatoms. The van der Waals surface area contributed by atoms with Crippen molar-refractivity contribution in [2.45, 2.75) is 13.8 Å². The fraction of sp³-hybridized carbons (Fsp3) is 0.385. The summed E-state index contributed by atoms with van der Waals surface area (Å²) in [5.74, 6) is 0. The molecular weight excluding hydrogens is 251 g/mol. The molecule has 0 spiro atoms. The standard InChI is InChI=1S/C13H19O4P/c1-11-6-5-7-13(8-11)9-12(2)10-17-18(14,15-3)16-4/h5-9H,10H2,1-4H3/b12-9+. The molecular formula is C13H19O4P. The molecule has 0 radical (unpaired) electrons. The average Bonchev–Trinajstić information content (AvgIpc) is 2.36. The molecule has 0 saturated carbocycles. The van der Waals surface area contributed by atoms with Crippen LogP contribution in [0.4, 0.5) is 0 Å². The van der Waals surface area contributed by atoms with E-state index in [-0.39, 0.29) is 6.61 Å². The summed E-state index contributed by atoms with van der Waals surface area (Å²) in [5, 5.41) is 0. The van der Waals surface area contributed by atoms with Gasteiger partial charge in [0.25, 0.3) is 0 Å². The van der Waals surface area contributed by atoms with E-state index in [0.717, 1.165) is 11.1 Å². The molecule has 0 saturated heterocycles. The number of hydrogen-bond acceptors (Lipinski definition) is 4. The van der Waals surface area contributed by atoms with Crippen molar-refractivity contribution in [3.63, 3.8) is 0 Å². The van der Waals surface area contributed by atoms with E-state index in [0.29, 0.717) is 0 Å². The summed E-state index contributed by atoms with van der Waals surface area (Å²) in [6, 6.07) is 8.09. The van der Waals surface area contributed by atoms with E-state index in [2.05, 4.69) is 6.07 Å². The summed E-state index contributed by atoms with van der Waals surface area (Å²) >= 11 is 0. The molecule has 0 atom stereocenters. The van der Waals surface area contributed by atoms with Crippen molar-refractivity contribution in [1.29, 1.82) is 0 Å². The van der Waals surface area contributed by atoms with Crippen LogP contribution >= 0.6 is 7.82 Å². The van der Waals surface area contributed by atoms with Crippen LogP contribution in [0.3, 0.4) is 0 Å². The zero-order valence-electron chi connectivity index (χ0n) is 11.2. The second-order valence-corrected chi connectivity index (χ2v) is 5.87. The first kappa shape index (κ1) is 15.1. The Kier molecular flexibility index (Phi) is 5.76. The molecule has 100 valence electrons. The first-order valence-corrected chi connectivity index (χ1v) is 7.05. The van der Waals surface area contributed by atoms with Crippen LogP contribution in [0.1, 0.15) is 18.1 Å². The van der Waals surface area contributed by atoms with Crippen molar-refractivity contribution in [3.05, 3.63) is 41.0 Å². The molecule has 0 aromatic heterocycles. The van der Waals surface area contributed by atoms with E-state index in [1.165, 1.54) is 19.8 Å². The highest BCUT2D eigenvalue weighted by Gasteiger charge is 2.22. The number of rotatable bonds is 6. The van der Waals surface area contributed by atoms with E-state index < -0.39 is 7.82 Å². The van der Waals surface area contributed by atoms with Gasteiger partial charge in [-0.1, -0.05) is 35.9 Å². The molecule has 0 aliphatic heterocycles. The second-order valence-electron chi connectivity index (χ2n) is 3.99. The predicted octanol–water partition coefficient (Wildman–Crippen LogP) is 3.82. The summed E-state index contributed by atoms with van der Waals surface area (Å²) in [6.07, 6.45) is 1.97. The highest BCUT2D eigenvalue weighted by molar-refractivity contribution is 7.48. The van der Waals surface area contributed by atoms with Gasteiger partial charge in [-0.25, -0.2) is 4.57 Å². The lowest BCUT2D eigenvalue weighted by atomic mass is 10.1. The predicted molar refractivity (Wildman–Crippen MR) is 72.4 cm³/mol. The maximum Gasteiger partial charge on any atom is 0.474 e. The molecule has 1 aromatic rings. The van der Waals surface area contributed by atoms with Gasteiger partial charge in [0, 0.05) is 14.2 Å². The van der Waals surface area contributed by atoms with Crippen molar-refractivity contribution in [3.8, 4) is 0 Å². The van der Waals surface area contributed by atoms with Gasteiger partial charge in [-0.05, 0) is 25.0 Å². The van der Waals surface area contributed by atoms with Crippen LogP contribution in [0.25, 0.3) is 6.08 Å². The fourth-order valence-electron chi connectivity index (χ4n) is 1.45. The van der Waals surface area contributed by atoms with E-state index in [4.69, 9.17) is 13.6 Å². The minimum Gasteiger partial charge on any atom is -0.290 e. The van der Waals surface area contributed by atoms with Gasteiger partial charge in [-0.3, -0.25) is 13.6 Å². The van der Waals surface area contributed by atoms with Gasteiger partial charge in [0.05, 0.1) is 6.61 Å². The topological polar surface area (TPSA) is 44.8 Å². The molecule has 1 rings (SSSR count). The van der Waals surface area contributed by atoms with Crippen LogP contribution in [-0.2, 0) is 18.1 Å². The Morgan fingerprint density at radius 3 is 2.56 bits per heavy atom. The summed E-state index contributed by atoms with van der Waals surface area (Å²) in [6.45, 7) is 4.14. The fourth-order valence-corrected chi connectivity index (χ4v) is 2.17. The lowest BCUT2D eigenvalue weighted by Gasteiger charge is -2.13. The maximum atomic E-state index is 11.7. The Balaban J connectivity index is 2.66. The summed E-state index contributed by atoms with van der Waals surface area (Å²) < 4.78 is 26.2. The minimum absolute atomic E-state index is 0.201. The van der Waals surface area contributed by atoms with E-state index in [9.17, 15) is 4.57 Å². The molecule has 0 aliphatic rings. The lowest BCUT2D eigenvalue weighted by molar-refractivity contribution is 0.162. The quantitative estimate of drug-likeness (QED) is 0.737. The third kappa shape index (κ3) is 4.75. The molecule has 0 bridgehead atoms. The Morgan fingerprint density at radius 2 is 2.00 bits per heavy atom. The number of phosphoric ester groups is 1. The maximum absolute atomic E-state index is 11.7. The van der Waals surface area contributed by atoms with Gasteiger partial charge < -0.3 is 0 Å². The third-order valence-corrected chi connectivity index (χ3v) is 3.69. The van der Waals surface area contributed by atoms with Crippen LogP contribution in [0.15, 0.2) is 29.8 Å². The largest absolute Gasteiger partial charge is 0.474 e. The van der Waals surface area contributed by atoms with Gasteiger partial charge in [0.1, 0.15) is 0 Å². The summed E-state index contributed by atoms with van der Waals surface area (Å²) in [7, 11) is -0.799. The minimum atomic E-state index is -3.39. The van der Waals surface area contributed by atoms with Gasteiger partial charge in [0.2, 0.25) is 0 Å². The average molecular weight is 270 g/mol. The number of phosphoric acid groups is 1. The lowest BCUT2D eigenvalue weighted by Crippen LogP contribution is -1.98. The van der Waals surface area contributed by atoms with Crippen molar-refractivity contribution >= 4 is 13.9 Å². The van der Waals surface area contributed by atoms with Gasteiger partial charge >= 0.3 is 7.82 Å². The van der Waals surface area contributed by atoms with Crippen LogP contribution in [0.2, 0.25) is 0 Å². The number of aryl methyl sites for hydroxylation is 1. The summed E-state index contributed by atoms with van der Waals surface area (Å²) in [4.78, 5) is 0. The molecule has 0 unspecified atom stereocenters. The van der Waals surface area contributed by atoms with Gasteiger partial charge in [0.15, 0.2) is 0 Å². The summed E-state index contributed by atoms with van der Waals surface area (Å²) in [5.41, 5.74) is 3.22. The van der Waals surface area contributed by atoms with Crippen molar-refractivity contribution < 1.29 is 18.1 Å². The smallest absolute Gasteiger partial charge is 0.290 e. The Bertz CT molecular complexity index is 460. The third-order valence-electron chi connectivity index (χ3n) is 2.35. The first-order valence-electron chi connectivity index (χ1n) is 5.59. The van der Waals surface area contributed by atoms with Crippen LogP contribution in [-0.4, -0.2) is 20.8 Å². The van der Waals surface area contributed by atoms with E-state index >= 15 is 0 Å². The molecule has 18 heavy (non-hydrogen) atoms. The molecule has 0 N–H and O–H groups in total. The second kappa shape index (κ2) is 6.86. The molecule has 4 nitrogen and oxygen atoms in total. The van der Waals surface area contributed by atoms with Gasteiger partial charge in [-0.2, -0.15) is 0 Å². The van der Waals surface area contributed by atoms with Crippen molar-refractivity contribution in [2.75, 3.05) is 20.8 Å². The molecule has 0 amide bonds. The van der Waals surface area contributed by atoms with Crippen LogP contribution in [0, 0.1) is 6.92 Å². The Morgan fingerprint density at radius 1 is 1.33 bits per heavy atom. The molecule has 0 fully saturated rings. The zero-order valence-corrected chi connectivity index (χ0v) is 12.1. The number of hydrogen-bond donors (Lipinski definition) is 0. The zero-order chi connectivity index (χ0) is 13.6. The van der Waals surface area contributed by atoms with Crippen molar-refractivity contribution in [2.24, 2.45) is 0 Å². The Hall–Kier alpha value is -0.930. The molecule has 0 aliphatic carbocycles. The van der Waals surface area contributed by atoms with Crippen molar-refractivity contribution in [1.82, 2.24) is 0 Å². The van der Waals surface area contributed by atoms with Crippen LogP contribution < -0.4 is 0 Å². The first-order chi connectivity index (χ1) is 8.49. The Labute approximate surface area is 108 Å². The highest BCUT2D eigenvalue weighted by atomic mass is 31.2. The molecule has 0 heterocycles. The highest BCUT2D eigenvalue weighted by Crippen LogP contribution is 2.47.